The number of nitrogens with zero attached hydrogens (tertiary/aromatic N) is 2. The van der Waals surface area contributed by atoms with Gasteiger partial charge in [0, 0.05) is 21.7 Å². The number of ether oxygens (including phenoxy) is 3. The van der Waals surface area contributed by atoms with Crippen LogP contribution in [0, 0.1) is 0 Å². The lowest BCUT2D eigenvalue weighted by Crippen LogP contribution is -2.40. The molecule has 1 aliphatic rings. The Kier molecular flexibility index (Phi) is 9.12. The number of carbonyl (C=O) groups is 2. The van der Waals surface area contributed by atoms with Gasteiger partial charge in [0.05, 0.1) is 42.2 Å². The van der Waals surface area contributed by atoms with Crippen LogP contribution in [-0.4, -0.2) is 37.3 Å². The molecule has 2 aromatic heterocycles. The van der Waals surface area contributed by atoms with E-state index < -0.39 is 18.0 Å². The second-order valence-corrected chi connectivity index (χ2v) is 11.5. The Hall–Kier alpha value is -4.22. The van der Waals surface area contributed by atoms with E-state index in [2.05, 4.69) is 15.9 Å². The fourth-order valence-corrected chi connectivity index (χ4v) is 6.32. The molecule has 5 rings (SSSR count). The van der Waals surface area contributed by atoms with Crippen LogP contribution >= 0.6 is 27.3 Å². The molecule has 222 valence electrons. The van der Waals surface area contributed by atoms with Crippen LogP contribution in [0.15, 0.2) is 84.5 Å². The molecule has 4 aromatic rings. The van der Waals surface area contributed by atoms with E-state index >= 15 is 0 Å². The number of aromatic nitrogens is 1. The van der Waals surface area contributed by atoms with Crippen LogP contribution in [0.5, 0.6) is 5.75 Å². The predicted molar refractivity (Wildman–Crippen MR) is 166 cm³/mol. The summed E-state index contributed by atoms with van der Waals surface area (Å²) >= 11 is 4.75. The molecule has 0 saturated carbocycles. The van der Waals surface area contributed by atoms with Crippen LogP contribution in [0.3, 0.4) is 0 Å². The molecule has 0 N–H and O–H groups in total. The molecule has 1 atom stereocenters. The number of fused-ring (bicyclic) bond motifs is 1. The summed E-state index contributed by atoms with van der Waals surface area (Å²) in [6.45, 7) is 3.93. The van der Waals surface area contributed by atoms with Crippen LogP contribution in [0.2, 0.25) is 0 Å². The van der Waals surface area contributed by atoms with Gasteiger partial charge in [0.25, 0.3) is 5.56 Å². The van der Waals surface area contributed by atoms with Gasteiger partial charge >= 0.3 is 11.9 Å². The molecule has 0 amide bonds. The van der Waals surface area contributed by atoms with E-state index in [1.807, 2.05) is 19.1 Å². The monoisotopic (exact) mass is 664 g/mol. The van der Waals surface area contributed by atoms with Gasteiger partial charge in [-0.15, -0.1) is 0 Å². The third kappa shape index (κ3) is 6.00. The molecular formula is C32H29BrN2O7S. The van der Waals surface area contributed by atoms with Crippen molar-refractivity contribution in [3.05, 3.63) is 107 Å². The van der Waals surface area contributed by atoms with Crippen LogP contribution < -0.4 is 19.6 Å². The molecule has 2 aromatic carbocycles. The molecular weight excluding hydrogens is 636 g/mol. The minimum atomic E-state index is -0.813. The smallest absolute Gasteiger partial charge is 0.338 e. The molecule has 9 nitrogen and oxygen atoms in total. The normalized spacial score (nSPS) is 14.7. The van der Waals surface area contributed by atoms with Crippen molar-refractivity contribution in [2.75, 3.05) is 20.8 Å². The largest absolute Gasteiger partial charge is 0.496 e. The number of esters is 2. The van der Waals surface area contributed by atoms with Crippen molar-refractivity contribution in [3.63, 3.8) is 0 Å². The quantitative estimate of drug-likeness (QED) is 0.221. The van der Waals surface area contributed by atoms with E-state index in [1.165, 1.54) is 23.0 Å². The summed E-state index contributed by atoms with van der Waals surface area (Å²) in [5.74, 6) is 0.615. The fourth-order valence-electron chi connectivity index (χ4n) is 4.94. The first-order chi connectivity index (χ1) is 20.8. The van der Waals surface area contributed by atoms with E-state index in [4.69, 9.17) is 23.6 Å². The second kappa shape index (κ2) is 13.0. The van der Waals surface area contributed by atoms with Crippen molar-refractivity contribution in [3.8, 4) is 17.1 Å². The number of benzene rings is 2. The zero-order valence-corrected chi connectivity index (χ0v) is 26.4. The molecule has 0 spiro atoms. The molecule has 3 heterocycles. The van der Waals surface area contributed by atoms with Crippen molar-refractivity contribution in [1.29, 1.82) is 0 Å². The molecule has 0 saturated heterocycles. The summed E-state index contributed by atoms with van der Waals surface area (Å²) in [5, 5.41) is 0. The van der Waals surface area contributed by atoms with Gasteiger partial charge in [0.15, 0.2) is 4.80 Å². The third-order valence-electron chi connectivity index (χ3n) is 6.87. The Labute approximate surface area is 259 Å². The highest BCUT2D eigenvalue weighted by molar-refractivity contribution is 9.10. The van der Waals surface area contributed by atoms with Crippen LogP contribution in [0.1, 0.15) is 54.4 Å². The number of rotatable bonds is 9. The zero-order valence-electron chi connectivity index (χ0n) is 24.0. The maximum Gasteiger partial charge on any atom is 0.338 e. The number of allylic oxidation sites excluding steroid dienone is 1. The summed E-state index contributed by atoms with van der Waals surface area (Å²) in [5.41, 5.74) is 2.39. The van der Waals surface area contributed by atoms with Crippen molar-refractivity contribution in [2.45, 2.75) is 32.7 Å². The lowest BCUT2D eigenvalue weighted by atomic mass is 9.93. The van der Waals surface area contributed by atoms with Gasteiger partial charge < -0.3 is 18.6 Å². The van der Waals surface area contributed by atoms with E-state index in [1.54, 1.807) is 62.6 Å². The Morgan fingerprint density at radius 1 is 1.07 bits per heavy atom. The molecule has 0 radical (unpaired) electrons. The first-order valence-corrected chi connectivity index (χ1v) is 15.2. The molecule has 1 aliphatic heterocycles. The number of hydrogen-bond acceptors (Lipinski definition) is 9. The molecule has 0 bridgehead atoms. The van der Waals surface area contributed by atoms with Gasteiger partial charge in [-0.05, 0) is 55.8 Å². The lowest BCUT2D eigenvalue weighted by Gasteiger charge is -2.27. The topological polar surface area (TPSA) is 109 Å². The van der Waals surface area contributed by atoms with E-state index in [0.717, 1.165) is 16.5 Å². The third-order valence-corrected chi connectivity index (χ3v) is 8.35. The summed E-state index contributed by atoms with van der Waals surface area (Å²) in [6, 6.07) is 15.1. The van der Waals surface area contributed by atoms with Crippen molar-refractivity contribution in [2.24, 2.45) is 4.99 Å². The number of hydrogen-bond donors (Lipinski definition) is 0. The Morgan fingerprint density at radius 3 is 2.51 bits per heavy atom. The molecule has 0 fully saturated rings. The number of thiazole rings is 1. The maximum absolute atomic E-state index is 14.1. The standard InChI is InChI=1S/C32H29BrN2O7S/c1-5-7-23-27(31(38)41-6-2)28(22-16-20(33)12-14-25(22)39-3)35-29(36)26(43-32(35)34-23)17-21-13-15-24(42-21)18-8-10-19(11-9-18)30(37)40-4/h8-17,28H,5-7H2,1-4H3/b26-17+/t28-/m1/s1. The first kappa shape index (κ1) is 30.2. The average molecular weight is 666 g/mol. The molecule has 43 heavy (non-hydrogen) atoms. The average Bonchev–Trinajstić information content (AvgIpc) is 3.60. The minimum Gasteiger partial charge on any atom is -0.496 e. The van der Waals surface area contributed by atoms with Crippen LogP contribution in [-0.2, 0) is 14.3 Å². The van der Waals surface area contributed by atoms with E-state index in [9.17, 15) is 14.4 Å². The SMILES string of the molecule is CCCC1=C(C(=O)OCC)[C@@H](c2cc(Br)ccc2OC)n2c(s/c(=C/c3ccc(-c4ccc(C(=O)OC)cc4)o3)c2=O)=N1. The zero-order chi connectivity index (χ0) is 30.7. The number of methoxy groups -OCH3 is 2. The fraction of sp³-hybridized carbons (Fsp3) is 0.250. The van der Waals surface area contributed by atoms with Crippen LogP contribution in [0.25, 0.3) is 17.4 Å². The maximum atomic E-state index is 14.1. The number of furan rings is 1. The molecule has 0 aliphatic carbocycles. The van der Waals surface area contributed by atoms with Gasteiger partial charge in [0.2, 0.25) is 0 Å². The molecule has 0 unspecified atom stereocenters. The highest BCUT2D eigenvalue weighted by Crippen LogP contribution is 2.38. The summed E-state index contributed by atoms with van der Waals surface area (Å²) in [4.78, 5) is 44.5. The van der Waals surface area contributed by atoms with Gasteiger partial charge in [0.1, 0.15) is 23.3 Å². The van der Waals surface area contributed by atoms with Crippen molar-refractivity contribution < 1.29 is 28.2 Å². The van der Waals surface area contributed by atoms with Crippen molar-refractivity contribution >= 4 is 45.3 Å². The highest BCUT2D eigenvalue weighted by Gasteiger charge is 2.36. The van der Waals surface area contributed by atoms with Gasteiger partial charge in [-0.2, -0.15) is 0 Å². The predicted octanol–water partition coefficient (Wildman–Crippen LogP) is 5.40. The lowest BCUT2D eigenvalue weighted by molar-refractivity contribution is -0.139. The first-order valence-electron chi connectivity index (χ1n) is 13.6. The second-order valence-electron chi connectivity index (χ2n) is 9.57. The van der Waals surface area contributed by atoms with Gasteiger partial charge in [-0.3, -0.25) is 9.36 Å². The summed E-state index contributed by atoms with van der Waals surface area (Å²) in [7, 11) is 2.88. The van der Waals surface area contributed by atoms with Crippen molar-refractivity contribution in [1.82, 2.24) is 4.57 Å². The molecule has 11 heteroatoms. The summed E-state index contributed by atoms with van der Waals surface area (Å²) < 4.78 is 24.6. The highest BCUT2D eigenvalue weighted by atomic mass is 79.9. The van der Waals surface area contributed by atoms with Gasteiger partial charge in [-0.1, -0.05) is 52.7 Å². The number of carbonyl (C=O) groups excluding carboxylic acids is 2. The van der Waals surface area contributed by atoms with Crippen LogP contribution in [0.4, 0.5) is 0 Å². The Bertz CT molecular complexity index is 1900. The Balaban J connectivity index is 1.65. The minimum absolute atomic E-state index is 0.181. The van der Waals surface area contributed by atoms with Gasteiger partial charge in [-0.25, -0.2) is 14.6 Å². The number of halogens is 1. The van der Waals surface area contributed by atoms with E-state index in [0.29, 0.717) is 55.4 Å². The summed E-state index contributed by atoms with van der Waals surface area (Å²) in [6.07, 6.45) is 2.94. The van der Waals surface area contributed by atoms with E-state index in [-0.39, 0.29) is 12.2 Å². The Morgan fingerprint density at radius 2 is 1.84 bits per heavy atom.